The highest BCUT2D eigenvalue weighted by molar-refractivity contribution is 5.32. The highest BCUT2D eigenvalue weighted by atomic mass is 16.3. The standard InChI is InChI=1S/C22H32N2O4.2C2H6/c1-23(15-17-7-3-5-9-21(17)27)19(11-13-25)20(12-14-26)24(2)16-18-8-4-6-10-22(18)28;2*1-2/h3-10,19-20,25-28H,11-16H2,1-2H3;2*1-2H3. The number of aliphatic hydroxyl groups excluding tert-OH is 2. The van der Waals surface area contributed by atoms with Gasteiger partial charge in [-0.1, -0.05) is 64.1 Å². The van der Waals surface area contributed by atoms with Crippen LogP contribution >= 0.6 is 0 Å². The molecule has 2 aromatic rings. The molecule has 0 aromatic heterocycles. The number of benzene rings is 2. The summed E-state index contributed by atoms with van der Waals surface area (Å²) < 4.78 is 0. The summed E-state index contributed by atoms with van der Waals surface area (Å²) >= 11 is 0. The van der Waals surface area contributed by atoms with Crippen molar-refractivity contribution in [3.05, 3.63) is 59.7 Å². The fourth-order valence-electron chi connectivity index (χ4n) is 3.74. The molecule has 0 amide bonds. The minimum atomic E-state index is -0.0346. The van der Waals surface area contributed by atoms with Gasteiger partial charge < -0.3 is 20.4 Å². The molecule has 6 nitrogen and oxygen atoms in total. The third-order valence-corrected chi connectivity index (χ3v) is 5.25. The maximum absolute atomic E-state index is 10.1. The molecule has 6 heteroatoms. The molecule has 32 heavy (non-hydrogen) atoms. The third-order valence-electron chi connectivity index (χ3n) is 5.25. The summed E-state index contributed by atoms with van der Waals surface area (Å²) in [5, 5.41) is 39.5. The molecule has 2 unspecified atom stereocenters. The summed E-state index contributed by atoms with van der Waals surface area (Å²) in [6, 6.07) is 14.4. The summed E-state index contributed by atoms with van der Waals surface area (Å²) in [5.74, 6) is 0.497. The van der Waals surface area contributed by atoms with Crippen molar-refractivity contribution in [2.24, 2.45) is 0 Å². The maximum atomic E-state index is 10.1. The van der Waals surface area contributed by atoms with Gasteiger partial charge in [0.1, 0.15) is 11.5 Å². The van der Waals surface area contributed by atoms with Crippen LogP contribution < -0.4 is 0 Å². The summed E-state index contributed by atoms with van der Waals surface area (Å²) in [4.78, 5) is 4.21. The molecule has 2 atom stereocenters. The Morgan fingerprint density at radius 1 is 0.625 bits per heavy atom. The second kappa shape index (κ2) is 17.4. The lowest BCUT2D eigenvalue weighted by Crippen LogP contribution is -2.49. The molecule has 182 valence electrons. The van der Waals surface area contributed by atoms with Gasteiger partial charge >= 0.3 is 0 Å². The van der Waals surface area contributed by atoms with Crippen molar-refractivity contribution in [2.75, 3.05) is 27.3 Å². The Morgan fingerprint density at radius 3 is 1.22 bits per heavy atom. The van der Waals surface area contributed by atoms with Crippen LogP contribution in [0.1, 0.15) is 51.7 Å². The largest absolute Gasteiger partial charge is 0.508 e. The molecule has 0 saturated carbocycles. The van der Waals surface area contributed by atoms with Gasteiger partial charge in [0, 0.05) is 49.5 Å². The number of nitrogens with zero attached hydrogens (tertiary/aromatic N) is 2. The van der Waals surface area contributed by atoms with Crippen LogP contribution in [0.3, 0.4) is 0 Å². The highest BCUT2D eigenvalue weighted by Crippen LogP contribution is 2.24. The van der Waals surface area contributed by atoms with E-state index in [0.29, 0.717) is 25.9 Å². The lowest BCUT2D eigenvalue weighted by atomic mass is 9.97. The number of hydrogen-bond acceptors (Lipinski definition) is 6. The number of para-hydroxylation sites is 2. The zero-order valence-electron chi connectivity index (χ0n) is 20.7. The fourth-order valence-corrected chi connectivity index (χ4v) is 3.74. The quantitative estimate of drug-likeness (QED) is 0.412. The smallest absolute Gasteiger partial charge is 0.120 e. The van der Waals surface area contributed by atoms with Crippen LogP contribution in [0, 0.1) is 0 Å². The predicted octanol–water partition coefficient (Wildman–Crippen LogP) is 4.22. The molecule has 0 aliphatic rings. The van der Waals surface area contributed by atoms with Crippen LogP contribution in [0.5, 0.6) is 11.5 Å². The lowest BCUT2D eigenvalue weighted by molar-refractivity contribution is 0.0649. The van der Waals surface area contributed by atoms with Gasteiger partial charge in [-0.05, 0) is 39.1 Å². The first-order valence-electron chi connectivity index (χ1n) is 11.6. The normalized spacial score (nSPS) is 12.4. The second-order valence-corrected chi connectivity index (χ2v) is 7.25. The van der Waals surface area contributed by atoms with E-state index in [-0.39, 0.29) is 36.8 Å². The van der Waals surface area contributed by atoms with Gasteiger partial charge in [0.15, 0.2) is 0 Å². The Bertz CT molecular complexity index is 665. The van der Waals surface area contributed by atoms with E-state index in [4.69, 9.17) is 0 Å². The number of aliphatic hydroxyl groups is 2. The molecule has 0 aliphatic heterocycles. The molecular weight excluding hydrogens is 404 g/mol. The molecule has 4 N–H and O–H groups in total. The van der Waals surface area contributed by atoms with Gasteiger partial charge in [-0.25, -0.2) is 0 Å². The minimum Gasteiger partial charge on any atom is -0.508 e. The molecule has 0 heterocycles. The van der Waals surface area contributed by atoms with Crippen molar-refractivity contribution in [2.45, 2.75) is 65.7 Å². The first-order chi connectivity index (χ1) is 15.5. The van der Waals surface area contributed by atoms with Gasteiger partial charge in [-0.15, -0.1) is 0 Å². The molecule has 0 aliphatic carbocycles. The summed E-state index contributed by atoms with van der Waals surface area (Å²) in [7, 11) is 3.93. The number of likely N-dealkylation sites (N-methyl/N-ethyl adjacent to an activating group) is 2. The van der Waals surface area contributed by atoms with E-state index in [1.165, 1.54) is 0 Å². The van der Waals surface area contributed by atoms with E-state index in [2.05, 4.69) is 9.80 Å². The van der Waals surface area contributed by atoms with Crippen molar-refractivity contribution in [3.63, 3.8) is 0 Å². The van der Waals surface area contributed by atoms with Crippen molar-refractivity contribution in [1.82, 2.24) is 9.80 Å². The third kappa shape index (κ3) is 9.57. The summed E-state index contributed by atoms with van der Waals surface area (Å²) in [6.07, 6.45) is 1.08. The number of hydrogen-bond donors (Lipinski definition) is 4. The molecule has 0 radical (unpaired) electrons. The topological polar surface area (TPSA) is 87.4 Å². The van der Waals surface area contributed by atoms with Crippen molar-refractivity contribution < 1.29 is 20.4 Å². The Morgan fingerprint density at radius 2 is 0.938 bits per heavy atom. The summed E-state index contributed by atoms with van der Waals surface area (Å²) in [5.41, 5.74) is 1.64. The predicted molar refractivity (Wildman–Crippen MR) is 133 cm³/mol. The number of rotatable bonds is 11. The summed E-state index contributed by atoms with van der Waals surface area (Å²) in [6.45, 7) is 9.12. The molecule has 0 fully saturated rings. The van der Waals surface area contributed by atoms with Crippen LogP contribution in [0.4, 0.5) is 0 Å². The van der Waals surface area contributed by atoms with Crippen molar-refractivity contribution in [3.8, 4) is 11.5 Å². The first-order valence-corrected chi connectivity index (χ1v) is 11.6. The second-order valence-electron chi connectivity index (χ2n) is 7.25. The first kappa shape index (κ1) is 29.9. The Hall–Kier alpha value is -2.12. The van der Waals surface area contributed by atoms with Gasteiger partial charge in [0.2, 0.25) is 0 Å². The highest BCUT2D eigenvalue weighted by Gasteiger charge is 2.28. The van der Waals surface area contributed by atoms with E-state index < -0.39 is 0 Å². The number of aromatic hydroxyl groups is 2. The minimum absolute atomic E-state index is 0.0299. The van der Waals surface area contributed by atoms with E-state index in [1.54, 1.807) is 24.3 Å². The fraction of sp³-hybridized carbons (Fsp3) is 0.538. The molecular formula is C26H44N2O4. The lowest BCUT2D eigenvalue weighted by Gasteiger charge is -2.39. The maximum Gasteiger partial charge on any atom is 0.120 e. The SMILES string of the molecule is CC.CC.CN(Cc1ccccc1O)C(CCO)C(CCO)N(C)Cc1ccccc1O. The molecule has 2 rings (SSSR count). The van der Waals surface area contributed by atoms with Gasteiger partial charge in [0.05, 0.1) is 0 Å². The zero-order valence-corrected chi connectivity index (χ0v) is 20.7. The van der Waals surface area contributed by atoms with Crippen molar-refractivity contribution in [1.29, 1.82) is 0 Å². The Labute approximate surface area is 194 Å². The van der Waals surface area contributed by atoms with Crippen molar-refractivity contribution >= 4 is 0 Å². The van der Waals surface area contributed by atoms with E-state index >= 15 is 0 Å². The van der Waals surface area contributed by atoms with Gasteiger partial charge in [-0.2, -0.15) is 0 Å². The monoisotopic (exact) mass is 448 g/mol. The zero-order chi connectivity index (χ0) is 24.5. The van der Waals surface area contributed by atoms with Crippen LogP contribution in [0.15, 0.2) is 48.5 Å². The number of phenolic OH excluding ortho intramolecular Hbond substituents is 2. The Balaban J connectivity index is 0.00000227. The van der Waals surface area contributed by atoms with Gasteiger partial charge in [-0.3, -0.25) is 9.80 Å². The van der Waals surface area contributed by atoms with Crippen LogP contribution in [0.2, 0.25) is 0 Å². The molecule has 2 aromatic carbocycles. The molecule has 0 bridgehead atoms. The average molecular weight is 449 g/mol. The Kier molecular flexibility index (Phi) is 16.3. The van der Waals surface area contributed by atoms with Crippen LogP contribution in [0.25, 0.3) is 0 Å². The van der Waals surface area contributed by atoms with Gasteiger partial charge in [0.25, 0.3) is 0 Å². The average Bonchev–Trinajstić information content (AvgIpc) is 2.81. The van der Waals surface area contributed by atoms with Crippen LogP contribution in [-0.2, 0) is 13.1 Å². The van der Waals surface area contributed by atoms with E-state index in [0.717, 1.165) is 11.1 Å². The van der Waals surface area contributed by atoms with Crippen LogP contribution in [-0.4, -0.2) is 69.6 Å². The number of phenols is 2. The van der Waals surface area contributed by atoms with E-state index in [1.807, 2.05) is 66.1 Å². The molecule has 0 saturated heterocycles. The molecule has 0 spiro atoms. The van der Waals surface area contributed by atoms with E-state index in [9.17, 15) is 20.4 Å².